The average molecular weight is 359 g/mol. The number of carboxylic acid groups (broad SMARTS) is 1. The van der Waals surface area contributed by atoms with Crippen molar-refractivity contribution in [1.82, 2.24) is 14.7 Å². The van der Waals surface area contributed by atoms with Gasteiger partial charge in [-0.2, -0.15) is 5.10 Å². The summed E-state index contributed by atoms with van der Waals surface area (Å²) in [7, 11) is 0. The molecule has 0 radical (unpaired) electrons. The molecule has 2 aromatic rings. The topological polar surface area (TPSA) is 75.4 Å². The van der Waals surface area contributed by atoms with Crippen molar-refractivity contribution in [3.8, 4) is 0 Å². The molecule has 1 aromatic carbocycles. The lowest BCUT2D eigenvalue weighted by Gasteiger charge is -2.17. The molecule has 1 saturated heterocycles. The first-order valence-corrected chi connectivity index (χ1v) is 8.73. The Labute approximate surface area is 151 Å². The molecule has 1 fully saturated rings. The number of benzene rings is 1. The van der Waals surface area contributed by atoms with E-state index in [0.717, 1.165) is 12.1 Å². The van der Waals surface area contributed by atoms with E-state index in [9.17, 15) is 19.1 Å². The molecule has 7 heteroatoms. The standard InChI is InChI=1S/C19H22FN3O3/c1-3-8-23-12(2)14(9-21-23)18(24)22-10-15(16(11-22)19(25)26)13-6-4-5-7-17(13)20/h4-7,9,15-16H,3,8,10-11H2,1-2H3,(H,25,26)/t15-,16+/m1/s1. The van der Waals surface area contributed by atoms with E-state index in [-0.39, 0.29) is 19.0 Å². The Kier molecular flexibility index (Phi) is 5.06. The number of amides is 1. The normalized spacial score (nSPS) is 19.7. The summed E-state index contributed by atoms with van der Waals surface area (Å²) in [4.78, 5) is 26.1. The van der Waals surface area contributed by atoms with E-state index in [1.54, 1.807) is 22.9 Å². The number of nitrogens with zero attached hydrogens (tertiary/aromatic N) is 3. The van der Waals surface area contributed by atoms with Crippen LogP contribution in [0, 0.1) is 18.7 Å². The van der Waals surface area contributed by atoms with Gasteiger partial charge in [-0.15, -0.1) is 0 Å². The van der Waals surface area contributed by atoms with Crippen LogP contribution < -0.4 is 0 Å². The number of rotatable bonds is 5. The van der Waals surface area contributed by atoms with Gasteiger partial charge in [-0.05, 0) is 25.0 Å². The fraction of sp³-hybridized carbons (Fsp3) is 0.421. The van der Waals surface area contributed by atoms with Crippen molar-refractivity contribution in [2.75, 3.05) is 13.1 Å². The van der Waals surface area contributed by atoms with Gasteiger partial charge in [0.1, 0.15) is 5.82 Å². The summed E-state index contributed by atoms with van der Waals surface area (Å²) in [5, 5.41) is 13.8. The van der Waals surface area contributed by atoms with Crippen LogP contribution in [0.3, 0.4) is 0 Å². The zero-order chi connectivity index (χ0) is 18.8. The molecular formula is C19H22FN3O3. The number of halogens is 1. The summed E-state index contributed by atoms with van der Waals surface area (Å²) in [6.07, 6.45) is 2.43. The third kappa shape index (κ3) is 3.21. The van der Waals surface area contributed by atoms with Gasteiger partial charge >= 0.3 is 5.97 Å². The van der Waals surface area contributed by atoms with Crippen LogP contribution >= 0.6 is 0 Å². The Hall–Kier alpha value is -2.70. The second-order valence-electron chi connectivity index (χ2n) is 6.65. The van der Waals surface area contributed by atoms with Gasteiger partial charge in [0.25, 0.3) is 5.91 Å². The molecule has 3 rings (SSSR count). The lowest BCUT2D eigenvalue weighted by atomic mass is 9.89. The van der Waals surface area contributed by atoms with E-state index in [1.807, 2.05) is 13.8 Å². The Morgan fingerprint density at radius 2 is 2.04 bits per heavy atom. The molecule has 26 heavy (non-hydrogen) atoms. The summed E-state index contributed by atoms with van der Waals surface area (Å²) < 4.78 is 15.9. The first-order valence-electron chi connectivity index (χ1n) is 8.73. The van der Waals surface area contributed by atoms with Crippen LogP contribution in [0.15, 0.2) is 30.5 Å². The molecular weight excluding hydrogens is 337 g/mol. The van der Waals surface area contributed by atoms with E-state index in [4.69, 9.17) is 0 Å². The molecule has 0 unspecified atom stereocenters. The van der Waals surface area contributed by atoms with Crippen molar-refractivity contribution in [3.05, 3.63) is 53.1 Å². The van der Waals surface area contributed by atoms with E-state index in [0.29, 0.717) is 17.7 Å². The quantitative estimate of drug-likeness (QED) is 0.891. The lowest BCUT2D eigenvalue weighted by Crippen LogP contribution is -2.30. The second-order valence-corrected chi connectivity index (χ2v) is 6.65. The average Bonchev–Trinajstić information content (AvgIpc) is 3.20. The van der Waals surface area contributed by atoms with E-state index in [2.05, 4.69) is 5.10 Å². The van der Waals surface area contributed by atoms with Crippen molar-refractivity contribution in [2.24, 2.45) is 5.92 Å². The van der Waals surface area contributed by atoms with Gasteiger partial charge in [0.15, 0.2) is 0 Å². The third-order valence-corrected chi connectivity index (χ3v) is 5.00. The fourth-order valence-electron chi connectivity index (χ4n) is 3.57. The number of carboxylic acids is 1. The number of carbonyl (C=O) groups is 2. The van der Waals surface area contributed by atoms with E-state index in [1.165, 1.54) is 17.2 Å². The molecule has 0 aliphatic carbocycles. The summed E-state index contributed by atoms with van der Waals surface area (Å²) in [5.74, 6) is -3.11. The van der Waals surface area contributed by atoms with Crippen LogP contribution in [0.5, 0.6) is 0 Å². The zero-order valence-electron chi connectivity index (χ0n) is 14.9. The SMILES string of the molecule is CCCn1ncc(C(=O)N2C[C@H](C(=O)O)[C@@H](c3ccccc3F)C2)c1C. The molecule has 1 aliphatic heterocycles. The monoisotopic (exact) mass is 359 g/mol. The predicted octanol–water partition coefficient (Wildman–Crippen LogP) is 2.68. The highest BCUT2D eigenvalue weighted by Gasteiger charge is 2.42. The second kappa shape index (κ2) is 7.27. The minimum atomic E-state index is -1.02. The molecule has 6 nitrogen and oxygen atoms in total. The maximum absolute atomic E-state index is 14.2. The first kappa shape index (κ1) is 18.1. The Bertz CT molecular complexity index is 833. The number of aliphatic carboxylic acids is 1. The molecule has 138 valence electrons. The molecule has 0 bridgehead atoms. The van der Waals surface area contributed by atoms with E-state index >= 15 is 0 Å². The smallest absolute Gasteiger partial charge is 0.308 e. The molecule has 1 aliphatic rings. The number of likely N-dealkylation sites (tertiary alicyclic amines) is 1. The molecule has 1 N–H and O–H groups in total. The van der Waals surface area contributed by atoms with Crippen molar-refractivity contribution in [2.45, 2.75) is 32.7 Å². The number of hydrogen-bond donors (Lipinski definition) is 1. The van der Waals surface area contributed by atoms with Crippen molar-refractivity contribution in [1.29, 1.82) is 0 Å². The Balaban J connectivity index is 1.87. The van der Waals surface area contributed by atoms with Gasteiger partial charge in [-0.25, -0.2) is 4.39 Å². The van der Waals surface area contributed by atoms with Gasteiger partial charge in [-0.1, -0.05) is 25.1 Å². The van der Waals surface area contributed by atoms with Gasteiger partial charge in [0.05, 0.1) is 17.7 Å². The van der Waals surface area contributed by atoms with Crippen LogP contribution in [-0.4, -0.2) is 44.8 Å². The molecule has 1 amide bonds. The van der Waals surface area contributed by atoms with E-state index < -0.39 is 23.6 Å². The maximum atomic E-state index is 14.2. The summed E-state index contributed by atoms with van der Waals surface area (Å²) in [6.45, 7) is 4.81. The van der Waals surface area contributed by atoms with Crippen LogP contribution in [-0.2, 0) is 11.3 Å². The minimum Gasteiger partial charge on any atom is -0.481 e. The van der Waals surface area contributed by atoms with Crippen LogP contribution in [0.25, 0.3) is 0 Å². The van der Waals surface area contributed by atoms with Crippen LogP contribution in [0.1, 0.15) is 40.9 Å². The number of hydrogen-bond acceptors (Lipinski definition) is 3. The van der Waals surface area contributed by atoms with Gasteiger partial charge in [-0.3, -0.25) is 14.3 Å². The lowest BCUT2D eigenvalue weighted by molar-refractivity contribution is -0.141. The zero-order valence-corrected chi connectivity index (χ0v) is 14.9. The maximum Gasteiger partial charge on any atom is 0.308 e. The highest BCUT2D eigenvalue weighted by Crippen LogP contribution is 2.35. The predicted molar refractivity (Wildman–Crippen MR) is 93.4 cm³/mol. The molecule has 2 atom stereocenters. The van der Waals surface area contributed by atoms with Gasteiger partial charge in [0, 0.05) is 31.2 Å². The summed E-state index contributed by atoms with van der Waals surface area (Å²) in [6, 6.07) is 6.16. The molecule has 0 saturated carbocycles. The van der Waals surface area contributed by atoms with Crippen LogP contribution in [0.2, 0.25) is 0 Å². The third-order valence-electron chi connectivity index (χ3n) is 5.00. The summed E-state index contributed by atoms with van der Waals surface area (Å²) >= 11 is 0. The fourth-order valence-corrected chi connectivity index (χ4v) is 3.57. The van der Waals surface area contributed by atoms with Gasteiger partial charge < -0.3 is 10.0 Å². The molecule has 2 heterocycles. The number of carbonyl (C=O) groups excluding carboxylic acids is 1. The Morgan fingerprint density at radius 3 is 2.69 bits per heavy atom. The number of aryl methyl sites for hydroxylation is 1. The molecule has 1 aromatic heterocycles. The van der Waals surface area contributed by atoms with Crippen molar-refractivity contribution < 1.29 is 19.1 Å². The largest absolute Gasteiger partial charge is 0.481 e. The first-order chi connectivity index (χ1) is 12.4. The minimum absolute atomic E-state index is 0.0611. The van der Waals surface area contributed by atoms with Crippen LogP contribution in [0.4, 0.5) is 4.39 Å². The molecule has 0 spiro atoms. The highest BCUT2D eigenvalue weighted by molar-refractivity contribution is 5.95. The summed E-state index contributed by atoms with van der Waals surface area (Å²) in [5.41, 5.74) is 1.57. The number of aromatic nitrogens is 2. The highest BCUT2D eigenvalue weighted by atomic mass is 19.1. The Morgan fingerprint density at radius 1 is 1.31 bits per heavy atom. The van der Waals surface area contributed by atoms with Gasteiger partial charge in [0.2, 0.25) is 0 Å². The van der Waals surface area contributed by atoms with Crippen molar-refractivity contribution in [3.63, 3.8) is 0 Å². The van der Waals surface area contributed by atoms with Crippen molar-refractivity contribution >= 4 is 11.9 Å².